The zero-order valence-electron chi connectivity index (χ0n) is 18.7. The summed E-state index contributed by atoms with van der Waals surface area (Å²) < 4.78 is 45.1. The van der Waals surface area contributed by atoms with Crippen LogP contribution in [0.3, 0.4) is 0 Å². The highest BCUT2D eigenvalue weighted by molar-refractivity contribution is 6.33. The van der Waals surface area contributed by atoms with E-state index in [1.54, 1.807) is 36.4 Å². The molecule has 35 heavy (non-hydrogen) atoms. The molecular weight excluding hydrogens is 485 g/mol. The predicted octanol–water partition coefficient (Wildman–Crippen LogP) is 5.31. The van der Waals surface area contributed by atoms with Crippen LogP contribution < -0.4 is 10.1 Å². The maximum Gasteiger partial charge on any atom is 0.403 e. The molecule has 1 heterocycles. The van der Waals surface area contributed by atoms with Gasteiger partial charge in [-0.15, -0.1) is 0 Å². The van der Waals surface area contributed by atoms with E-state index in [9.17, 15) is 23.1 Å². The van der Waals surface area contributed by atoms with Gasteiger partial charge in [0.15, 0.2) is 11.6 Å². The van der Waals surface area contributed by atoms with Crippen LogP contribution in [-0.2, 0) is 11.3 Å². The average Bonchev–Trinajstić information content (AvgIpc) is 3.64. The van der Waals surface area contributed by atoms with Crippen molar-refractivity contribution in [2.75, 3.05) is 6.61 Å². The second-order valence-electron chi connectivity index (χ2n) is 8.23. The lowest BCUT2D eigenvalue weighted by molar-refractivity contribution is -0.192. The summed E-state index contributed by atoms with van der Waals surface area (Å²) in [6.45, 7) is 2.45. The number of rotatable bonds is 8. The Morgan fingerprint density at radius 2 is 1.80 bits per heavy atom. The minimum Gasteiger partial charge on any atom is -0.494 e. The molecule has 0 unspecified atom stereocenters. The fourth-order valence-electron chi connectivity index (χ4n) is 3.50. The van der Waals surface area contributed by atoms with Crippen molar-refractivity contribution in [2.24, 2.45) is 5.41 Å². The number of carbonyl (C=O) groups excluding carboxylic acids is 1. The van der Waals surface area contributed by atoms with Crippen LogP contribution in [0.4, 0.5) is 13.2 Å². The van der Waals surface area contributed by atoms with E-state index in [0.29, 0.717) is 29.0 Å². The van der Waals surface area contributed by atoms with Crippen molar-refractivity contribution in [3.05, 3.63) is 53.1 Å². The third-order valence-electron chi connectivity index (χ3n) is 5.66. The van der Waals surface area contributed by atoms with Crippen LogP contribution in [0.1, 0.15) is 31.7 Å². The molecule has 1 aliphatic rings. The number of nitrogens with zero attached hydrogens (tertiary/aromatic N) is 3. The lowest BCUT2D eigenvalue weighted by atomic mass is 10.1. The second kappa shape index (κ2) is 9.69. The van der Waals surface area contributed by atoms with Gasteiger partial charge in [-0.3, -0.25) is 4.79 Å². The number of hydrogen-bond donors (Lipinski definition) is 2. The van der Waals surface area contributed by atoms with Gasteiger partial charge in [-0.2, -0.15) is 23.1 Å². The normalized spacial score (nSPS) is 14.4. The fourth-order valence-corrected chi connectivity index (χ4v) is 3.71. The fraction of sp³-hybridized carbons (Fsp3) is 0.333. The van der Waals surface area contributed by atoms with E-state index in [4.69, 9.17) is 16.3 Å². The molecule has 2 aromatic carbocycles. The van der Waals surface area contributed by atoms with E-state index in [2.05, 4.69) is 20.3 Å². The Balaban J connectivity index is 1.55. The zero-order valence-corrected chi connectivity index (χ0v) is 19.5. The first-order valence-corrected chi connectivity index (χ1v) is 11.3. The minimum atomic E-state index is -4.58. The van der Waals surface area contributed by atoms with Crippen molar-refractivity contribution >= 4 is 17.5 Å². The molecule has 7 nitrogen and oxygen atoms in total. The summed E-state index contributed by atoms with van der Waals surface area (Å²) in [4.78, 5) is 24.5. The molecule has 184 valence electrons. The predicted molar refractivity (Wildman–Crippen MR) is 123 cm³/mol. The van der Waals surface area contributed by atoms with Gasteiger partial charge in [-0.1, -0.05) is 24.6 Å². The van der Waals surface area contributed by atoms with Gasteiger partial charge < -0.3 is 15.2 Å². The maximum absolute atomic E-state index is 13.2. The largest absolute Gasteiger partial charge is 0.494 e. The van der Waals surface area contributed by atoms with E-state index in [1.165, 1.54) is 6.07 Å². The number of aromatic nitrogens is 3. The monoisotopic (exact) mass is 506 g/mol. The molecule has 1 amide bonds. The molecule has 0 atom stereocenters. The van der Waals surface area contributed by atoms with Gasteiger partial charge in [0.1, 0.15) is 11.2 Å². The van der Waals surface area contributed by atoms with E-state index in [0.717, 1.165) is 6.42 Å². The second-order valence-corrected chi connectivity index (χ2v) is 8.64. The summed E-state index contributed by atoms with van der Waals surface area (Å²) in [6.07, 6.45) is -4.14. The van der Waals surface area contributed by atoms with Crippen molar-refractivity contribution in [3.8, 4) is 34.5 Å². The van der Waals surface area contributed by atoms with E-state index < -0.39 is 23.5 Å². The molecule has 0 radical (unpaired) electrons. The Morgan fingerprint density at radius 3 is 2.43 bits per heavy atom. The first-order valence-electron chi connectivity index (χ1n) is 10.9. The molecule has 2 N–H and O–H groups in total. The van der Waals surface area contributed by atoms with Crippen molar-refractivity contribution in [2.45, 2.75) is 38.9 Å². The summed E-state index contributed by atoms with van der Waals surface area (Å²) in [6, 6.07) is 11.1. The molecule has 3 aromatic rings. The smallest absolute Gasteiger partial charge is 0.403 e. The first-order chi connectivity index (χ1) is 16.6. The number of alkyl halides is 3. The van der Waals surface area contributed by atoms with Crippen LogP contribution in [-0.4, -0.2) is 38.7 Å². The van der Waals surface area contributed by atoms with Crippen molar-refractivity contribution in [1.82, 2.24) is 20.3 Å². The number of nitrogens with one attached hydrogen (secondary N) is 1. The van der Waals surface area contributed by atoms with E-state index in [-0.39, 0.29) is 36.1 Å². The Hall–Kier alpha value is -3.40. The summed E-state index contributed by atoms with van der Waals surface area (Å²) in [5, 5.41) is 12.7. The quantitative estimate of drug-likeness (QED) is 0.429. The van der Waals surface area contributed by atoms with Gasteiger partial charge in [0, 0.05) is 17.7 Å². The number of benzene rings is 2. The lowest BCUT2D eigenvalue weighted by Gasteiger charge is -2.18. The molecule has 0 bridgehead atoms. The highest BCUT2D eigenvalue weighted by atomic mass is 35.5. The molecule has 0 spiro atoms. The third-order valence-corrected chi connectivity index (χ3v) is 5.99. The molecule has 11 heteroatoms. The zero-order chi connectivity index (χ0) is 25.2. The van der Waals surface area contributed by atoms with Crippen LogP contribution in [0, 0.1) is 5.41 Å². The van der Waals surface area contributed by atoms with Crippen LogP contribution in [0.5, 0.6) is 11.8 Å². The number of halogens is 4. The van der Waals surface area contributed by atoms with Crippen molar-refractivity contribution in [3.63, 3.8) is 0 Å². The van der Waals surface area contributed by atoms with Gasteiger partial charge in [-0.25, -0.2) is 4.98 Å². The number of hydrogen-bond acceptors (Lipinski definition) is 6. The summed E-state index contributed by atoms with van der Waals surface area (Å²) in [7, 11) is 0. The number of aromatic hydroxyl groups is 1. The summed E-state index contributed by atoms with van der Waals surface area (Å²) in [5.41, 5.74) is -0.866. The summed E-state index contributed by atoms with van der Waals surface area (Å²) in [5.74, 6) is -0.0885. The molecule has 0 saturated heterocycles. The van der Waals surface area contributed by atoms with Crippen LogP contribution in [0.2, 0.25) is 5.02 Å². The van der Waals surface area contributed by atoms with Gasteiger partial charge >= 0.3 is 12.2 Å². The van der Waals surface area contributed by atoms with Crippen LogP contribution >= 0.6 is 11.6 Å². The Bertz CT molecular complexity index is 1230. The minimum absolute atomic E-state index is 0.0749. The van der Waals surface area contributed by atoms with Gasteiger partial charge in [0.25, 0.3) is 0 Å². The standard InChI is InChI=1S/C24H22ClF3N4O3/c1-2-11-35-16-6-4-15(5-7-16)19-30-20(32-22(34)31-19)17-12-14(3-8-18(17)25)13-29-21(33)23(9-10-23)24(26,27)28/h3-8,12H,2,9-11,13H2,1H3,(H,29,33)(H,30,31,32,34). The molecule has 0 aliphatic heterocycles. The highest BCUT2D eigenvalue weighted by Gasteiger charge is 2.68. The number of carbonyl (C=O) groups is 1. The molecule has 1 aromatic heterocycles. The molecule has 4 rings (SSSR count). The number of amides is 1. The van der Waals surface area contributed by atoms with Gasteiger partial charge in [0.05, 0.1) is 11.6 Å². The van der Waals surface area contributed by atoms with E-state index in [1.807, 2.05) is 6.92 Å². The molecular formula is C24H22ClF3N4O3. The first kappa shape index (κ1) is 24.7. The van der Waals surface area contributed by atoms with Gasteiger partial charge in [-0.05, 0) is 61.2 Å². The third kappa shape index (κ3) is 5.32. The highest BCUT2D eigenvalue weighted by Crippen LogP contribution is 2.57. The molecule has 1 fully saturated rings. The van der Waals surface area contributed by atoms with Crippen LogP contribution in [0.25, 0.3) is 22.8 Å². The topological polar surface area (TPSA) is 97.2 Å². The summed E-state index contributed by atoms with van der Waals surface area (Å²) >= 11 is 6.32. The van der Waals surface area contributed by atoms with Crippen molar-refractivity contribution < 1.29 is 27.8 Å². The Kier molecular flexibility index (Phi) is 6.84. The average molecular weight is 507 g/mol. The Morgan fingerprint density at radius 1 is 1.11 bits per heavy atom. The Labute approximate surface area is 204 Å². The van der Waals surface area contributed by atoms with Crippen molar-refractivity contribution in [1.29, 1.82) is 0 Å². The molecule has 1 aliphatic carbocycles. The van der Waals surface area contributed by atoms with Gasteiger partial charge in [0.2, 0.25) is 5.91 Å². The number of ether oxygens (including phenoxy) is 1. The molecule has 1 saturated carbocycles. The SMILES string of the molecule is CCCOc1ccc(-c2nc(O)nc(-c3cc(CNC(=O)C4(C(F)(F)F)CC4)ccc3Cl)n2)cc1. The maximum atomic E-state index is 13.2. The van der Waals surface area contributed by atoms with Crippen LogP contribution in [0.15, 0.2) is 42.5 Å². The lowest BCUT2D eigenvalue weighted by Crippen LogP contribution is -2.40. The van der Waals surface area contributed by atoms with E-state index >= 15 is 0 Å².